The van der Waals surface area contributed by atoms with Crippen LogP contribution in [0.4, 0.5) is 5.69 Å². The highest BCUT2D eigenvalue weighted by molar-refractivity contribution is 6.02. The lowest BCUT2D eigenvalue weighted by molar-refractivity contribution is 0.101. The van der Waals surface area contributed by atoms with Gasteiger partial charge in [-0.3, -0.25) is 9.59 Å². The van der Waals surface area contributed by atoms with Gasteiger partial charge in [-0.15, -0.1) is 0 Å². The standard InChI is InChI=1S/C20H16N4O3/c21-14-15-5-4-6-16(13-15)22-20(26)18-9-10-19(25)24(23-18)11-12-27-17-7-2-1-3-8-17/h1-10,13H,11-12H2,(H,22,26). The fraction of sp³-hybridized carbons (Fsp3) is 0.100. The molecule has 0 radical (unpaired) electrons. The molecule has 1 heterocycles. The first-order valence-corrected chi connectivity index (χ1v) is 8.23. The molecule has 134 valence electrons. The first-order chi connectivity index (χ1) is 13.2. The van der Waals surface area contributed by atoms with Crippen LogP contribution in [0.5, 0.6) is 5.75 Å². The van der Waals surface area contributed by atoms with Gasteiger partial charge in [-0.25, -0.2) is 4.68 Å². The van der Waals surface area contributed by atoms with Crippen LogP contribution in [0.1, 0.15) is 16.1 Å². The normalized spacial score (nSPS) is 10.0. The van der Waals surface area contributed by atoms with Gasteiger partial charge in [-0.2, -0.15) is 10.4 Å². The molecule has 3 aromatic rings. The van der Waals surface area contributed by atoms with Crippen LogP contribution >= 0.6 is 0 Å². The number of anilines is 1. The SMILES string of the molecule is N#Cc1cccc(NC(=O)c2ccc(=O)n(CCOc3ccccc3)n2)c1. The van der Waals surface area contributed by atoms with Crippen molar-refractivity contribution < 1.29 is 9.53 Å². The number of hydrogen-bond donors (Lipinski definition) is 1. The van der Waals surface area contributed by atoms with E-state index in [1.165, 1.54) is 16.8 Å². The zero-order valence-electron chi connectivity index (χ0n) is 14.3. The minimum Gasteiger partial charge on any atom is -0.492 e. The highest BCUT2D eigenvalue weighted by Gasteiger charge is 2.10. The Morgan fingerprint density at radius 1 is 1.11 bits per heavy atom. The molecule has 7 nitrogen and oxygen atoms in total. The number of ether oxygens (including phenoxy) is 1. The van der Waals surface area contributed by atoms with Gasteiger partial charge in [0.05, 0.1) is 18.2 Å². The molecular formula is C20H16N4O3. The first-order valence-electron chi connectivity index (χ1n) is 8.23. The maximum Gasteiger partial charge on any atom is 0.276 e. The highest BCUT2D eigenvalue weighted by atomic mass is 16.5. The number of benzene rings is 2. The number of amides is 1. The Morgan fingerprint density at radius 3 is 2.70 bits per heavy atom. The van der Waals surface area contributed by atoms with Gasteiger partial charge in [0.2, 0.25) is 0 Å². The van der Waals surface area contributed by atoms with Gasteiger partial charge >= 0.3 is 0 Å². The minimum absolute atomic E-state index is 0.0941. The first kappa shape index (κ1) is 17.9. The lowest BCUT2D eigenvalue weighted by atomic mass is 10.2. The van der Waals surface area contributed by atoms with Crippen molar-refractivity contribution >= 4 is 11.6 Å². The second-order valence-electron chi connectivity index (χ2n) is 5.59. The van der Waals surface area contributed by atoms with E-state index in [-0.39, 0.29) is 24.4 Å². The summed E-state index contributed by atoms with van der Waals surface area (Å²) in [5.41, 5.74) is 0.682. The molecule has 7 heteroatoms. The lowest BCUT2D eigenvalue weighted by Gasteiger charge is -2.09. The third kappa shape index (κ3) is 4.80. The summed E-state index contributed by atoms with van der Waals surface area (Å²) in [6.07, 6.45) is 0. The Labute approximate surface area is 155 Å². The summed E-state index contributed by atoms with van der Waals surface area (Å²) in [5, 5.41) is 15.7. The maximum atomic E-state index is 12.4. The smallest absolute Gasteiger partial charge is 0.276 e. The third-order valence-corrected chi connectivity index (χ3v) is 3.66. The Bertz CT molecular complexity index is 1040. The van der Waals surface area contributed by atoms with Crippen LogP contribution in [0.15, 0.2) is 71.5 Å². The fourth-order valence-electron chi connectivity index (χ4n) is 2.36. The Morgan fingerprint density at radius 2 is 1.93 bits per heavy atom. The van der Waals surface area contributed by atoms with Gasteiger partial charge in [-0.1, -0.05) is 24.3 Å². The molecule has 0 atom stereocenters. The molecule has 0 unspecified atom stereocenters. The maximum absolute atomic E-state index is 12.4. The van der Waals surface area contributed by atoms with E-state index < -0.39 is 5.91 Å². The van der Waals surface area contributed by atoms with Crippen molar-refractivity contribution in [3.8, 4) is 11.8 Å². The summed E-state index contributed by atoms with van der Waals surface area (Å²) >= 11 is 0. The molecule has 1 aromatic heterocycles. The average Bonchev–Trinajstić information content (AvgIpc) is 2.70. The molecule has 2 aromatic carbocycles. The number of carbonyl (C=O) groups is 1. The average molecular weight is 360 g/mol. The van der Waals surface area contributed by atoms with Crippen molar-refractivity contribution in [1.29, 1.82) is 5.26 Å². The molecule has 0 bridgehead atoms. The summed E-state index contributed by atoms with van der Waals surface area (Å²) in [6.45, 7) is 0.449. The van der Waals surface area contributed by atoms with Crippen molar-refractivity contribution in [2.24, 2.45) is 0 Å². The predicted molar refractivity (Wildman–Crippen MR) is 99.5 cm³/mol. The van der Waals surface area contributed by atoms with E-state index in [1.54, 1.807) is 24.3 Å². The van der Waals surface area contributed by atoms with Crippen LogP contribution in [0.2, 0.25) is 0 Å². The van der Waals surface area contributed by atoms with Crippen LogP contribution < -0.4 is 15.6 Å². The summed E-state index contributed by atoms with van der Waals surface area (Å²) in [6, 6.07) is 20.4. The summed E-state index contributed by atoms with van der Waals surface area (Å²) in [4.78, 5) is 24.3. The van der Waals surface area contributed by atoms with E-state index >= 15 is 0 Å². The van der Waals surface area contributed by atoms with Crippen molar-refractivity contribution in [3.63, 3.8) is 0 Å². The van der Waals surface area contributed by atoms with Crippen molar-refractivity contribution in [2.75, 3.05) is 11.9 Å². The van der Waals surface area contributed by atoms with Gasteiger partial charge in [0.25, 0.3) is 11.5 Å². The number of nitrogens with zero attached hydrogens (tertiary/aromatic N) is 3. The van der Waals surface area contributed by atoms with Crippen LogP contribution in [-0.2, 0) is 6.54 Å². The van der Waals surface area contributed by atoms with E-state index in [0.717, 1.165) is 0 Å². The van der Waals surface area contributed by atoms with E-state index in [0.29, 0.717) is 17.0 Å². The molecule has 3 rings (SSSR count). The van der Waals surface area contributed by atoms with Crippen LogP contribution in [0.25, 0.3) is 0 Å². The molecule has 0 aliphatic carbocycles. The van der Waals surface area contributed by atoms with Gasteiger partial charge < -0.3 is 10.1 Å². The molecular weight excluding hydrogens is 344 g/mol. The Hall–Kier alpha value is -3.92. The van der Waals surface area contributed by atoms with Crippen LogP contribution in [-0.4, -0.2) is 22.3 Å². The Kier molecular flexibility index (Phi) is 5.60. The topological polar surface area (TPSA) is 97.0 Å². The number of hydrogen-bond acceptors (Lipinski definition) is 5. The Balaban J connectivity index is 1.67. The zero-order valence-corrected chi connectivity index (χ0v) is 14.3. The quantitative estimate of drug-likeness (QED) is 0.728. The van der Waals surface area contributed by atoms with Crippen LogP contribution in [0.3, 0.4) is 0 Å². The number of rotatable bonds is 6. The third-order valence-electron chi connectivity index (χ3n) is 3.66. The van der Waals surface area contributed by atoms with Gasteiger partial charge in [0.15, 0.2) is 0 Å². The molecule has 0 saturated heterocycles. The molecule has 0 saturated carbocycles. The molecule has 1 amide bonds. The van der Waals surface area contributed by atoms with Crippen LogP contribution in [0, 0.1) is 11.3 Å². The summed E-state index contributed by atoms with van der Waals surface area (Å²) < 4.78 is 6.74. The second kappa shape index (κ2) is 8.45. The van der Waals surface area contributed by atoms with E-state index in [4.69, 9.17) is 10.00 Å². The molecule has 0 spiro atoms. The minimum atomic E-state index is -0.470. The van der Waals surface area contributed by atoms with Crippen molar-refractivity contribution in [3.05, 3.63) is 88.3 Å². The lowest BCUT2D eigenvalue weighted by Crippen LogP contribution is -2.28. The number of para-hydroxylation sites is 1. The largest absolute Gasteiger partial charge is 0.492 e. The highest BCUT2D eigenvalue weighted by Crippen LogP contribution is 2.11. The number of nitriles is 1. The number of aromatic nitrogens is 2. The molecule has 0 aliphatic heterocycles. The summed E-state index contributed by atoms with van der Waals surface area (Å²) in [7, 11) is 0. The fourth-order valence-corrected chi connectivity index (χ4v) is 2.36. The molecule has 0 aliphatic rings. The van der Waals surface area contributed by atoms with E-state index in [2.05, 4.69) is 10.4 Å². The zero-order chi connectivity index (χ0) is 19.1. The molecule has 27 heavy (non-hydrogen) atoms. The van der Waals surface area contributed by atoms with Crippen molar-refractivity contribution in [1.82, 2.24) is 9.78 Å². The monoisotopic (exact) mass is 360 g/mol. The summed E-state index contributed by atoms with van der Waals surface area (Å²) in [5.74, 6) is 0.222. The van der Waals surface area contributed by atoms with E-state index in [1.807, 2.05) is 36.4 Å². The van der Waals surface area contributed by atoms with Crippen molar-refractivity contribution in [2.45, 2.75) is 6.54 Å². The van der Waals surface area contributed by atoms with Gasteiger partial charge in [-0.05, 0) is 36.4 Å². The van der Waals surface area contributed by atoms with Gasteiger partial charge in [0, 0.05) is 11.8 Å². The number of carbonyl (C=O) groups excluding carboxylic acids is 1. The van der Waals surface area contributed by atoms with E-state index in [9.17, 15) is 9.59 Å². The van der Waals surface area contributed by atoms with Gasteiger partial charge in [0.1, 0.15) is 18.1 Å². The molecule has 0 fully saturated rings. The second-order valence-corrected chi connectivity index (χ2v) is 5.59. The predicted octanol–water partition coefficient (Wildman–Crippen LogP) is 2.45. The number of nitrogens with one attached hydrogen (secondary N) is 1. The molecule has 1 N–H and O–H groups in total.